The lowest BCUT2D eigenvalue weighted by molar-refractivity contribution is 0.0586. The summed E-state index contributed by atoms with van der Waals surface area (Å²) in [6, 6.07) is 10.4. The zero-order valence-corrected chi connectivity index (χ0v) is 13.8. The number of oxazole rings is 1. The average molecular weight is 323 g/mol. The van der Waals surface area contributed by atoms with E-state index in [0.29, 0.717) is 18.0 Å². The molecule has 1 aromatic carbocycles. The molecule has 4 rings (SSSR count). The number of methoxy groups -OCH3 is 1. The van der Waals surface area contributed by atoms with Crippen molar-refractivity contribution in [3.63, 3.8) is 0 Å². The van der Waals surface area contributed by atoms with Crippen molar-refractivity contribution in [2.24, 2.45) is 0 Å². The second-order valence-corrected chi connectivity index (χ2v) is 6.23. The lowest BCUT2D eigenvalue weighted by atomic mass is 9.92. The number of ether oxygens (including phenoxy) is 1. The van der Waals surface area contributed by atoms with Crippen LogP contribution in [0.25, 0.3) is 23.0 Å². The van der Waals surface area contributed by atoms with Crippen LogP contribution < -0.4 is 0 Å². The number of rotatable bonds is 4. The zero-order valence-electron chi connectivity index (χ0n) is 13.8. The molecule has 1 fully saturated rings. The first-order valence-electron chi connectivity index (χ1n) is 8.42. The summed E-state index contributed by atoms with van der Waals surface area (Å²) in [4.78, 5) is 9.15. The number of imidazole rings is 1. The van der Waals surface area contributed by atoms with Crippen molar-refractivity contribution in [1.29, 1.82) is 0 Å². The summed E-state index contributed by atoms with van der Waals surface area (Å²) in [5, 5.41) is 0. The van der Waals surface area contributed by atoms with Gasteiger partial charge in [0.15, 0.2) is 5.82 Å². The van der Waals surface area contributed by atoms with Crippen molar-refractivity contribution in [2.45, 2.75) is 37.8 Å². The fourth-order valence-corrected chi connectivity index (χ4v) is 3.45. The molecule has 0 atom stereocenters. The molecule has 0 aliphatic heterocycles. The molecular weight excluding hydrogens is 302 g/mol. The summed E-state index contributed by atoms with van der Waals surface area (Å²) in [6.07, 6.45) is 10.4. The van der Waals surface area contributed by atoms with Gasteiger partial charge in [-0.05, 0) is 37.8 Å². The van der Waals surface area contributed by atoms with Crippen LogP contribution in [-0.4, -0.2) is 27.7 Å². The van der Waals surface area contributed by atoms with Gasteiger partial charge in [0.25, 0.3) is 0 Å². The summed E-state index contributed by atoms with van der Waals surface area (Å²) in [6.45, 7) is 0. The highest BCUT2D eigenvalue weighted by atomic mass is 16.5. The summed E-state index contributed by atoms with van der Waals surface area (Å²) < 4.78 is 13.4. The Morgan fingerprint density at radius 1 is 1.12 bits per heavy atom. The predicted molar refractivity (Wildman–Crippen MR) is 91.5 cm³/mol. The molecule has 0 radical (unpaired) electrons. The van der Waals surface area contributed by atoms with Crippen LogP contribution in [0.15, 0.2) is 53.4 Å². The number of hydrogen-bond acceptors (Lipinski definition) is 4. The number of hydrogen-bond donors (Lipinski definition) is 0. The lowest BCUT2D eigenvalue weighted by Crippen LogP contribution is -2.22. The van der Waals surface area contributed by atoms with E-state index in [-0.39, 0.29) is 0 Å². The van der Waals surface area contributed by atoms with E-state index in [2.05, 4.69) is 14.5 Å². The molecule has 0 N–H and O–H groups in total. The average Bonchev–Trinajstić information content (AvgIpc) is 3.32. The summed E-state index contributed by atoms with van der Waals surface area (Å²) in [5.41, 5.74) is 1.76. The number of nitrogens with zero attached hydrogens (tertiary/aromatic N) is 3. The first-order chi connectivity index (χ1) is 11.8. The molecule has 1 aliphatic rings. The SMILES string of the molecule is COC1CCC(n2ccnc2-c2coc(-c3ccccc3)n2)CC1. The molecule has 124 valence electrons. The van der Waals surface area contributed by atoms with Gasteiger partial charge in [-0.3, -0.25) is 0 Å². The van der Waals surface area contributed by atoms with Gasteiger partial charge < -0.3 is 13.7 Å². The van der Waals surface area contributed by atoms with Gasteiger partial charge in [-0.1, -0.05) is 18.2 Å². The second-order valence-electron chi connectivity index (χ2n) is 6.23. The third-order valence-corrected chi connectivity index (χ3v) is 4.79. The topological polar surface area (TPSA) is 53.1 Å². The van der Waals surface area contributed by atoms with Crippen molar-refractivity contribution in [3.8, 4) is 23.0 Å². The van der Waals surface area contributed by atoms with Crippen LogP contribution in [0.5, 0.6) is 0 Å². The molecule has 0 bridgehead atoms. The Balaban J connectivity index is 1.58. The van der Waals surface area contributed by atoms with E-state index in [0.717, 1.165) is 42.8 Å². The van der Waals surface area contributed by atoms with E-state index in [1.54, 1.807) is 13.4 Å². The van der Waals surface area contributed by atoms with Gasteiger partial charge in [-0.2, -0.15) is 0 Å². The molecule has 0 amide bonds. The van der Waals surface area contributed by atoms with Crippen LogP contribution >= 0.6 is 0 Å². The van der Waals surface area contributed by atoms with Gasteiger partial charge in [0.2, 0.25) is 5.89 Å². The Morgan fingerprint density at radius 3 is 2.67 bits per heavy atom. The maximum absolute atomic E-state index is 5.67. The lowest BCUT2D eigenvalue weighted by Gasteiger charge is -2.29. The van der Waals surface area contributed by atoms with Gasteiger partial charge in [-0.25, -0.2) is 9.97 Å². The van der Waals surface area contributed by atoms with E-state index in [9.17, 15) is 0 Å². The highest BCUT2D eigenvalue weighted by Crippen LogP contribution is 2.33. The minimum absolute atomic E-state index is 0.393. The van der Waals surface area contributed by atoms with Crippen molar-refractivity contribution in [1.82, 2.24) is 14.5 Å². The normalized spacial score (nSPS) is 21.0. The third kappa shape index (κ3) is 2.87. The highest BCUT2D eigenvalue weighted by Gasteiger charge is 2.24. The van der Waals surface area contributed by atoms with Crippen LogP contribution in [0.1, 0.15) is 31.7 Å². The van der Waals surface area contributed by atoms with Crippen molar-refractivity contribution < 1.29 is 9.15 Å². The molecule has 0 saturated heterocycles. The Morgan fingerprint density at radius 2 is 1.92 bits per heavy atom. The van der Waals surface area contributed by atoms with E-state index >= 15 is 0 Å². The fourth-order valence-electron chi connectivity index (χ4n) is 3.45. The number of aromatic nitrogens is 3. The summed E-state index contributed by atoms with van der Waals surface area (Å²) >= 11 is 0. The first-order valence-corrected chi connectivity index (χ1v) is 8.42. The minimum Gasteiger partial charge on any atom is -0.444 e. The predicted octanol–water partition coefficient (Wildman–Crippen LogP) is 4.34. The van der Waals surface area contributed by atoms with Crippen LogP contribution in [0, 0.1) is 0 Å². The van der Waals surface area contributed by atoms with E-state index < -0.39 is 0 Å². The van der Waals surface area contributed by atoms with Gasteiger partial charge in [-0.15, -0.1) is 0 Å². The summed E-state index contributed by atoms with van der Waals surface area (Å²) in [5.74, 6) is 1.50. The van der Waals surface area contributed by atoms with Crippen LogP contribution in [0.2, 0.25) is 0 Å². The van der Waals surface area contributed by atoms with E-state index in [1.807, 2.05) is 42.7 Å². The van der Waals surface area contributed by atoms with Crippen molar-refractivity contribution >= 4 is 0 Å². The van der Waals surface area contributed by atoms with Gasteiger partial charge >= 0.3 is 0 Å². The Kier molecular flexibility index (Phi) is 4.17. The zero-order chi connectivity index (χ0) is 16.4. The van der Waals surface area contributed by atoms with E-state index in [1.165, 1.54) is 0 Å². The molecule has 5 heteroatoms. The Labute approximate surface area is 141 Å². The van der Waals surface area contributed by atoms with Gasteiger partial charge in [0.05, 0.1) is 6.10 Å². The Bertz CT molecular complexity index is 786. The van der Waals surface area contributed by atoms with Crippen molar-refractivity contribution in [3.05, 3.63) is 49.0 Å². The quantitative estimate of drug-likeness (QED) is 0.717. The molecule has 0 spiro atoms. The van der Waals surface area contributed by atoms with Gasteiger partial charge in [0.1, 0.15) is 12.0 Å². The standard InChI is InChI=1S/C19H21N3O2/c1-23-16-9-7-15(8-10-16)22-12-11-20-18(22)17-13-24-19(21-17)14-5-3-2-4-6-14/h2-6,11-13,15-16H,7-10H2,1H3. The van der Waals surface area contributed by atoms with Crippen LogP contribution in [0.3, 0.4) is 0 Å². The smallest absolute Gasteiger partial charge is 0.226 e. The van der Waals surface area contributed by atoms with Crippen LogP contribution in [0.4, 0.5) is 0 Å². The molecule has 5 nitrogen and oxygen atoms in total. The molecule has 2 aromatic heterocycles. The fraction of sp³-hybridized carbons (Fsp3) is 0.368. The monoisotopic (exact) mass is 323 g/mol. The Hall–Kier alpha value is -2.40. The first kappa shape index (κ1) is 15.1. The molecule has 0 unspecified atom stereocenters. The number of benzene rings is 1. The molecular formula is C19H21N3O2. The summed E-state index contributed by atoms with van der Waals surface area (Å²) in [7, 11) is 1.80. The highest BCUT2D eigenvalue weighted by molar-refractivity contribution is 5.58. The third-order valence-electron chi connectivity index (χ3n) is 4.79. The molecule has 2 heterocycles. The second kappa shape index (κ2) is 6.61. The largest absolute Gasteiger partial charge is 0.444 e. The van der Waals surface area contributed by atoms with Gasteiger partial charge in [0, 0.05) is 31.1 Å². The molecule has 1 saturated carbocycles. The molecule has 24 heavy (non-hydrogen) atoms. The maximum Gasteiger partial charge on any atom is 0.226 e. The van der Waals surface area contributed by atoms with Crippen LogP contribution in [-0.2, 0) is 4.74 Å². The minimum atomic E-state index is 0.393. The molecule has 1 aliphatic carbocycles. The molecule has 3 aromatic rings. The maximum atomic E-state index is 5.67. The van der Waals surface area contributed by atoms with Crippen molar-refractivity contribution in [2.75, 3.05) is 7.11 Å². The van der Waals surface area contributed by atoms with E-state index in [4.69, 9.17) is 9.15 Å².